The molecule has 0 saturated carbocycles. The van der Waals surface area contributed by atoms with Gasteiger partial charge in [-0.3, -0.25) is 4.79 Å². The summed E-state index contributed by atoms with van der Waals surface area (Å²) in [5.41, 5.74) is 0.717. The summed E-state index contributed by atoms with van der Waals surface area (Å²) in [5.74, 6) is -0.0338. The number of H-pyrrole nitrogens is 1. The predicted molar refractivity (Wildman–Crippen MR) is 79.3 cm³/mol. The van der Waals surface area contributed by atoms with Crippen LogP contribution in [0.5, 0.6) is 11.5 Å². The van der Waals surface area contributed by atoms with Crippen LogP contribution in [-0.4, -0.2) is 37.7 Å². The van der Waals surface area contributed by atoms with Crippen molar-refractivity contribution in [3.63, 3.8) is 0 Å². The number of carbonyl (C=O) groups excluding carboxylic acids is 2. The van der Waals surface area contributed by atoms with E-state index in [9.17, 15) is 9.59 Å². The SMILES string of the molecule is COc1ccc(OC)c(NC(=O)COC(=O)c2ccc[nH]2)c1. The van der Waals surface area contributed by atoms with Crippen molar-refractivity contribution >= 4 is 17.6 Å². The molecule has 7 nitrogen and oxygen atoms in total. The van der Waals surface area contributed by atoms with E-state index in [1.165, 1.54) is 14.2 Å². The molecule has 1 aromatic heterocycles. The van der Waals surface area contributed by atoms with E-state index in [0.29, 0.717) is 17.2 Å². The Bertz CT molecular complexity index is 652. The van der Waals surface area contributed by atoms with Crippen LogP contribution in [0.4, 0.5) is 5.69 Å². The fourth-order valence-electron chi connectivity index (χ4n) is 1.76. The van der Waals surface area contributed by atoms with Crippen molar-refractivity contribution in [2.24, 2.45) is 0 Å². The van der Waals surface area contributed by atoms with Crippen LogP contribution in [0.25, 0.3) is 0 Å². The first kappa shape index (κ1) is 15.4. The minimum Gasteiger partial charge on any atom is -0.497 e. The maximum Gasteiger partial charge on any atom is 0.355 e. The summed E-state index contributed by atoms with van der Waals surface area (Å²) in [6.45, 7) is -0.405. The molecule has 0 aliphatic carbocycles. The Kier molecular flexibility index (Phi) is 5.02. The molecule has 1 amide bonds. The molecule has 0 atom stereocenters. The van der Waals surface area contributed by atoms with Gasteiger partial charge >= 0.3 is 5.97 Å². The number of carbonyl (C=O) groups is 2. The van der Waals surface area contributed by atoms with Gasteiger partial charge in [-0.15, -0.1) is 0 Å². The van der Waals surface area contributed by atoms with E-state index in [2.05, 4.69) is 10.3 Å². The highest BCUT2D eigenvalue weighted by atomic mass is 16.5. The molecular weight excluding hydrogens is 288 g/mol. The molecule has 0 aliphatic rings. The zero-order valence-corrected chi connectivity index (χ0v) is 12.2. The number of hydrogen-bond acceptors (Lipinski definition) is 5. The van der Waals surface area contributed by atoms with Gasteiger partial charge in [0.05, 0.1) is 19.9 Å². The number of benzene rings is 1. The number of aromatic amines is 1. The highest BCUT2D eigenvalue weighted by molar-refractivity contribution is 5.96. The lowest BCUT2D eigenvalue weighted by Gasteiger charge is -2.11. The zero-order chi connectivity index (χ0) is 15.9. The average Bonchev–Trinajstić information content (AvgIpc) is 3.07. The second kappa shape index (κ2) is 7.16. The largest absolute Gasteiger partial charge is 0.497 e. The molecule has 7 heteroatoms. The molecule has 0 radical (unpaired) electrons. The third-order valence-electron chi connectivity index (χ3n) is 2.83. The number of methoxy groups -OCH3 is 2. The first-order valence-corrected chi connectivity index (χ1v) is 6.46. The average molecular weight is 304 g/mol. The van der Waals surface area contributed by atoms with E-state index >= 15 is 0 Å². The third kappa shape index (κ3) is 3.78. The molecule has 0 fully saturated rings. The first-order valence-electron chi connectivity index (χ1n) is 6.46. The van der Waals surface area contributed by atoms with Gasteiger partial charge in [-0.25, -0.2) is 4.79 Å². The number of anilines is 1. The molecule has 0 bridgehead atoms. The molecule has 2 rings (SSSR count). The number of nitrogens with one attached hydrogen (secondary N) is 2. The van der Waals surface area contributed by atoms with Crippen LogP contribution in [-0.2, 0) is 9.53 Å². The Hall–Kier alpha value is -2.96. The van der Waals surface area contributed by atoms with E-state index in [0.717, 1.165) is 0 Å². The Morgan fingerprint density at radius 2 is 2.00 bits per heavy atom. The Morgan fingerprint density at radius 1 is 1.18 bits per heavy atom. The second-order valence-electron chi connectivity index (χ2n) is 4.27. The Morgan fingerprint density at radius 3 is 2.64 bits per heavy atom. The molecule has 0 unspecified atom stereocenters. The lowest BCUT2D eigenvalue weighted by molar-refractivity contribution is -0.119. The summed E-state index contributed by atoms with van der Waals surface area (Å²) in [6.07, 6.45) is 1.60. The van der Waals surface area contributed by atoms with Gasteiger partial charge in [0.2, 0.25) is 0 Å². The molecule has 0 spiro atoms. The second-order valence-corrected chi connectivity index (χ2v) is 4.27. The maximum absolute atomic E-state index is 11.9. The van der Waals surface area contributed by atoms with Crippen LogP contribution in [0, 0.1) is 0 Å². The van der Waals surface area contributed by atoms with E-state index in [4.69, 9.17) is 14.2 Å². The molecule has 1 heterocycles. The monoisotopic (exact) mass is 304 g/mol. The van der Waals surface area contributed by atoms with Gasteiger partial charge < -0.3 is 24.5 Å². The molecule has 0 aliphatic heterocycles. The molecule has 2 aromatic rings. The third-order valence-corrected chi connectivity index (χ3v) is 2.83. The number of hydrogen-bond donors (Lipinski definition) is 2. The Labute approximate surface area is 127 Å². The summed E-state index contributed by atoms with van der Waals surface area (Å²) in [6, 6.07) is 8.21. The number of ether oxygens (including phenoxy) is 3. The van der Waals surface area contributed by atoms with Crippen LogP contribution >= 0.6 is 0 Å². The fraction of sp³-hybridized carbons (Fsp3) is 0.200. The standard InChI is InChI=1S/C15H16N2O5/c1-20-10-5-6-13(21-2)12(8-10)17-14(18)9-22-15(19)11-4-3-7-16-11/h3-8,16H,9H2,1-2H3,(H,17,18). The van der Waals surface area contributed by atoms with Crippen molar-refractivity contribution in [1.29, 1.82) is 0 Å². The van der Waals surface area contributed by atoms with Crippen LogP contribution < -0.4 is 14.8 Å². The summed E-state index contributed by atoms with van der Waals surface area (Å²) in [4.78, 5) is 26.2. The number of rotatable bonds is 6. The molecular formula is C15H16N2O5. The molecule has 116 valence electrons. The lowest BCUT2D eigenvalue weighted by atomic mass is 10.2. The van der Waals surface area contributed by atoms with Crippen LogP contribution in [0.3, 0.4) is 0 Å². The quantitative estimate of drug-likeness (QED) is 0.795. The van der Waals surface area contributed by atoms with Crippen LogP contribution in [0.15, 0.2) is 36.5 Å². The Balaban J connectivity index is 1.95. The zero-order valence-electron chi connectivity index (χ0n) is 12.2. The fourth-order valence-corrected chi connectivity index (χ4v) is 1.76. The van der Waals surface area contributed by atoms with E-state index in [-0.39, 0.29) is 5.69 Å². The van der Waals surface area contributed by atoms with E-state index < -0.39 is 18.5 Å². The summed E-state index contributed by atoms with van der Waals surface area (Å²) in [7, 11) is 3.01. The maximum atomic E-state index is 11.9. The van der Waals surface area contributed by atoms with Gasteiger partial charge in [0.15, 0.2) is 6.61 Å². The summed E-state index contributed by atoms with van der Waals surface area (Å²) in [5, 5.41) is 2.61. The normalized spacial score (nSPS) is 9.91. The van der Waals surface area contributed by atoms with Gasteiger partial charge in [0.25, 0.3) is 5.91 Å². The van der Waals surface area contributed by atoms with Crippen LogP contribution in [0.1, 0.15) is 10.5 Å². The van der Waals surface area contributed by atoms with Crippen molar-refractivity contribution in [1.82, 2.24) is 4.98 Å². The molecule has 2 N–H and O–H groups in total. The number of esters is 1. The first-order chi connectivity index (χ1) is 10.6. The van der Waals surface area contributed by atoms with Gasteiger partial charge in [-0.1, -0.05) is 0 Å². The van der Waals surface area contributed by atoms with E-state index in [1.807, 2.05) is 0 Å². The lowest BCUT2D eigenvalue weighted by Crippen LogP contribution is -2.21. The van der Waals surface area contributed by atoms with Crippen molar-refractivity contribution in [2.45, 2.75) is 0 Å². The molecule has 22 heavy (non-hydrogen) atoms. The molecule has 1 aromatic carbocycles. The van der Waals surface area contributed by atoms with Crippen molar-refractivity contribution in [3.8, 4) is 11.5 Å². The van der Waals surface area contributed by atoms with Crippen molar-refractivity contribution < 1.29 is 23.8 Å². The predicted octanol–water partition coefficient (Wildman–Crippen LogP) is 1.83. The van der Waals surface area contributed by atoms with Crippen molar-refractivity contribution in [2.75, 3.05) is 26.1 Å². The van der Waals surface area contributed by atoms with Gasteiger partial charge in [-0.2, -0.15) is 0 Å². The topological polar surface area (TPSA) is 89.7 Å². The minimum absolute atomic E-state index is 0.284. The minimum atomic E-state index is -0.599. The van der Waals surface area contributed by atoms with E-state index in [1.54, 1.807) is 36.5 Å². The van der Waals surface area contributed by atoms with Gasteiger partial charge in [-0.05, 0) is 24.3 Å². The molecule has 0 saturated heterocycles. The summed E-state index contributed by atoms with van der Waals surface area (Å²) < 4.78 is 15.1. The van der Waals surface area contributed by atoms with Crippen molar-refractivity contribution in [3.05, 3.63) is 42.2 Å². The van der Waals surface area contributed by atoms with Gasteiger partial charge in [0.1, 0.15) is 17.2 Å². The smallest absolute Gasteiger partial charge is 0.355 e. The summed E-state index contributed by atoms with van der Waals surface area (Å²) >= 11 is 0. The van der Waals surface area contributed by atoms with Crippen LogP contribution in [0.2, 0.25) is 0 Å². The highest BCUT2D eigenvalue weighted by Crippen LogP contribution is 2.28. The number of amides is 1. The number of aromatic nitrogens is 1. The van der Waals surface area contributed by atoms with Gasteiger partial charge in [0, 0.05) is 12.3 Å². The highest BCUT2D eigenvalue weighted by Gasteiger charge is 2.13.